The number of pyridine rings is 1. The van der Waals surface area contributed by atoms with Crippen LogP contribution in [-0.4, -0.2) is 24.8 Å². The first-order valence-electron chi connectivity index (χ1n) is 5.17. The SMILES string of the molecule is Clc1cccnc1OC[C@H]1CCCOC1. The number of aromatic nitrogens is 1. The van der Waals surface area contributed by atoms with E-state index < -0.39 is 0 Å². The highest BCUT2D eigenvalue weighted by molar-refractivity contribution is 6.31. The summed E-state index contributed by atoms with van der Waals surface area (Å²) in [4.78, 5) is 4.07. The zero-order valence-electron chi connectivity index (χ0n) is 8.49. The summed E-state index contributed by atoms with van der Waals surface area (Å²) in [7, 11) is 0. The van der Waals surface area contributed by atoms with Gasteiger partial charge in [0.05, 0.1) is 13.2 Å². The van der Waals surface area contributed by atoms with Gasteiger partial charge in [-0.25, -0.2) is 4.98 Å². The van der Waals surface area contributed by atoms with Crippen LogP contribution in [0, 0.1) is 5.92 Å². The van der Waals surface area contributed by atoms with Gasteiger partial charge in [-0.15, -0.1) is 0 Å². The Balaban J connectivity index is 1.84. The van der Waals surface area contributed by atoms with Crippen LogP contribution in [0.1, 0.15) is 12.8 Å². The third-order valence-electron chi connectivity index (χ3n) is 2.44. The Bertz CT molecular complexity index is 313. The summed E-state index contributed by atoms with van der Waals surface area (Å²) in [5.41, 5.74) is 0. The second kappa shape index (κ2) is 5.33. The average Bonchev–Trinajstić information content (AvgIpc) is 2.29. The molecular formula is C11H14ClNO2. The largest absolute Gasteiger partial charge is 0.476 e. The Morgan fingerprint density at radius 2 is 2.53 bits per heavy atom. The van der Waals surface area contributed by atoms with E-state index in [-0.39, 0.29) is 0 Å². The number of rotatable bonds is 3. The van der Waals surface area contributed by atoms with E-state index in [0.717, 1.165) is 26.1 Å². The highest BCUT2D eigenvalue weighted by atomic mass is 35.5. The maximum atomic E-state index is 5.92. The molecule has 0 spiro atoms. The molecule has 1 atom stereocenters. The molecular weight excluding hydrogens is 214 g/mol. The third-order valence-corrected chi connectivity index (χ3v) is 2.72. The maximum Gasteiger partial charge on any atom is 0.232 e. The van der Waals surface area contributed by atoms with Gasteiger partial charge in [-0.3, -0.25) is 0 Å². The summed E-state index contributed by atoms with van der Waals surface area (Å²) < 4.78 is 10.9. The van der Waals surface area contributed by atoms with Crippen LogP contribution in [-0.2, 0) is 4.74 Å². The standard InChI is InChI=1S/C11H14ClNO2/c12-10-4-1-5-13-11(10)15-8-9-3-2-6-14-7-9/h1,4-5,9H,2-3,6-8H2/t9-/m0/s1. The Morgan fingerprint density at radius 3 is 3.27 bits per heavy atom. The van der Waals surface area contributed by atoms with Crippen LogP contribution in [0.25, 0.3) is 0 Å². The zero-order valence-corrected chi connectivity index (χ0v) is 9.24. The van der Waals surface area contributed by atoms with Crippen molar-refractivity contribution in [3.05, 3.63) is 23.4 Å². The number of nitrogens with zero attached hydrogens (tertiary/aromatic N) is 1. The van der Waals surface area contributed by atoms with E-state index in [1.807, 2.05) is 0 Å². The predicted octanol–water partition coefficient (Wildman–Crippen LogP) is 2.54. The molecule has 4 heteroatoms. The van der Waals surface area contributed by atoms with Gasteiger partial charge in [-0.2, -0.15) is 0 Å². The fourth-order valence-electron chi connectivity index (χ4n) is 1.61. The maximum absolute atomic E-state index is 5.92. The van der Waals surface area contributed by atoms with Crippen molar-refractivity contribution in [1.29, 1.82) is 0 Å². The molecule has 1 aliphatic heterocycles. The lowest BCUT2D eigenvalue weighted by atomic mass is 10.0. The number of hydrogen-bond acceptors (Lipinski definition) is 3. The average molecular weight is 228 g/mol. The van der Waals surface area contributed by atoms with Crippen molar-refractivity contribution in [1.82, 2.24) is 4.98 Å². The van der Waals surface area contributed by atoms with Crippen molar-refractivity contribution in [2.75, 3.05) is 19.8 Å². The molecule has 0 N–H and O–H groups in total. The van der Waals surface area contributed by atoms with E-state index >= 15 is 0 Å². The molecule has 0 radical (unpaired) electrons. The fraction of sp³-hybridized carbons (Fsp3) is 0.545. The van der Waals surface area contributed by atoms with Crippen molar-refractivity contribution in [3.8, 4) is 5.88 Å². The van der Waals surface area contributed by atoms with Crippen LogP contribution < -0.4 is 4.74 Å². The van der Waals surface area contributed by atoms with Gasteiger partial charge in [0, 0.05) is 18.7 Å². The normalized spacial score (nSPS) is 21.3. The topological polar surface area (TPSA) is 31.4 Å². The number of hydrogen-bond donors (Lipinski definition) is 0. The summed E-state index contributed by atoms with van der Waals surface area (Å²) in [5.74, 6) is 0.988. The molecule has 0 unspecified atom stereocenters. The number of ether oxygens (including phenoxy) is 2. The molecule has 0 aromatic carbocycles. The smallest absolute Gasteiger partial charge is 0.232 e. The lowest BCUT2D eigenvalue weighted by Crippen LogP contribution is -2.23. The molecule has 2 heterocycles. The van der Waals surface area contributed by atoms with Gasteiger partial charge in [-0.1, -0.05) is 11.6 Å². The molecule has 3 nitrogen and oxygen atoms in total. The molecule has 82 valence electrons. The Hall–Kier alpha value is -0.800. The molecule has 1 aromatic heterocycles. The monoisotopic (exact) mass is 227 g/mol. The van der Waals surface area contributed by atoms with Crippen molar-refractivity contribution in [2.24, 2.45) is 5.92 Å². The Morgan fingerprint density at radius 1 is 1.60 bits per heavy atom. The van der Waals surface area contributed by atoms with E-state index in [1.54, 1.807) is 18.3 Å². The first-order valence-corrected chi connectivity index (χ1v) is 5.55. The van der Waals surface area contributed by atoms with Crippen LogP contribution in [0.4, 0.5) is 0 Å². The zero-order chi connectivity index (χ0) is 10.5. The van der Waals surface area contributed by atoms with Crippen LogP contribution in [0.2, 0.25) is 5.02 Å². The van der Waals surface area contributed by atoms with Gasteiger partial charge in [0.15, 0.2) is 0 Å². The van der Waals surface area contributed by atoms with Crippen LogP contribution in [0.5, 0.6) is 5.88 Å². The van der Waals surface area contributed by atoms with E-state index in [0.29, 0.717) is 23.4 Å². The van der Waals surface area contributed by atoms with E-state index in [9.17, 15) is 0 Å². The summed E-state index contributed by atoms with van der Waals surface area (Å²) in [6, 6.07) is 3.57. The molecule has 1 fully saturated rings. The van der Waals surface area contributed by atoms with Crippen LogP contribution in [0.15, 0.2) is 18.3 Å². The van der Waals surface area contributed by atoms with Gasteiger partial charge in [-0.05, 0) is 25.0 Å². The van der Waals surface area contributed by atoms with Gasteiger partial charge in [0.1, 0.15) is 5.02 Å². The molecule has 0 saturated carbocycles. The van der Waals surface area contributed by atoms with Crippen LogP contribution in [0.3, 0.4) is 0 Å². The van der Waals surface area contributed by atoms with E-state index in [1.165, 1.54) is 0 Å². The van der Waals surface area contributed by atoms with Crippen molar-refractivity contribution >= 4 is 11.6 Å². The van der Waals surface area contributed by atoms with Crippen molar-refractivity contribution < 1.29 is 9.47 Å². The first-order chi connectivity index (χ1) is 7.36. The second-order valence-electron chi connectivity index (χ2n) is 3.68. The highest BCUT2D eigenvalue weighted by Crippen LogP contribution is 2.22. The summed E-state index contributed by atoms with van der Waals surface area (Å²) in [5, 5.41) is 0.564. The molecule has 0 amide bonds. The van der Waals surface area contributed by atoms with Gasteiger partial charge in [0.2, 0.25) is 5.88 Å². The molecule has 0 bridgehead atoms. The third kappa shape index (κ3) is 3.08. The van der Waals surface area contributed by atoms with Gasteiger partial charge >= 0.3 is 0 Å². The molecule has 15 heavy (non-hydrogen) atoms. The summed E-state index contributed by atoms with van der Waals surface area (Å²) >= 11 is 5.92. The van der Waals surface area contributed by atoms with Crippen LogP contribution >= 0.6 is 11.6 Å². The molecule has 0 aliphatic carbocycles. The molecule has 2 rings (SSSR count). The summed E-state index contributed by atoms with van der Waals surface area (Å²) in [6.07, 6.45) is 3.95. The molecule has 1 aliphatic rings. The fourth-order valence-corrected chi connectivity index (χ4v) is 1.79. The molecule has 1 saturated heterocycles. The lowest BCUT2D eigenvalue weighted by Gasteiger charge is -2.21. The van der Waals surface area contributed by atoms with Gasteiger partial charge in [0.25, 0.3) is 0 Å². The van der Waals surface area contributed by atoms with Crippen molar-refractivity contribution in [3.63, 3.8) is 0 Å². The minimum absolute atomic E-state index is 0.469. The first kappa shape index (κ1) is 10.7. The lowest BCUT2D eigenvalue weighted by molar-refractivity contribution is 0.0344. The number of halogens is 1. The van der Waals surface area contributed by atoms with E-state index in [2.05, 4.69) is 4.98 Å². The quantitative estimate of drug-likeness (QED) is 0.795. The van der Waals surface area contributed by atoms with Gasteiger partial charge < -0.3 is 9.47 Å². The molecule has 1 aromatic rings. The second-order valence-corrected chi connectivity index (χ2v) is 4.09. The minimum Gasteiger partial charge on any atom is -0.476 e. The Kier molecular flexibility index (Phi) is 3.80. The van der Waals surface area contributed by atoms with Crippen molar-refractivity contribution in [2.45, 2.75) is 12.8 Å². The summed E-state index contributed by atoms with van der Waals surface area (Å²) in [6.45, 7) is 2.29. The minimum atomic E-state index is 0.469. The Labute approximate surface area is 94.4 Å². The highest BCUT2D eigenvalue weighted by Gasteiger charge is 2.15. The predicted molar refractivity (Wildman–Crippen MR) is 58.3 cm³/mol. The van der Waals surface area contributed by atoms with E-state index in [4.69, 9.17) is 21.1 Å².